The lowest BCUT2D eigenvalue weighted by molar-refractivity contribution is 0.0634. The molecule has 0 saturated carbocycles. The van der Waals surface area contributed by atoms with Gasteiger partial charge in [-0.25, -0.2) is 4.79 Å². The number of carbonyl (C=O) groups excluding carboxylic acids is 3. The Morgan fingerprint density at radius 2 is 1.39 bits per heavy atom. The molecule has 3 amide bonds. The molecular weight excluding hydrogens is 586 g/mol. The van der Waals surface area contributed by atoms with E-state index in [0.29, 0.717) is 58.5 Å². The predicted molar refractivity (Wildman–Crippen MR) is 183 cm³/mol. The summed E-state index contributed by atoms with van der Waals surface area (Å²) in [5, 5.41) is 8.48. The second-order valence-electron chi connectivity index (χ2n) is 11.7. The Morgan fingerprint density at radius 3 is 1.93 bits per heavy atom. The molecule has 0 radical (unpaired) electrons. The smallest absolute Gasteiger partial charge is 0.412 e. The minimum Gasteiger partial charge on any atom is -0.495 e. The van der Waals surface area contributed by atoms with Gasteiger partial charge in [0.05, 0.1) is 36.9 Å². The van der Waals surface area contributed by atoms with Crippen LogP contribution in [0.5, 0.6) is 17.2 Å². The Hall–Kier alpha value is -4.99. The molecule has 3 aromatic carbocycles. The average Bonchev–Trinajstić information content (AvgIpc) is 3.01. The van der Waals surface area contributed by atoms with Crippen molar-refractivity contribution < 1.29 is 33.3 Å². The molecule has 0 aliphatic carbocycles. The standard InChI is InChI=1S/C36H45N3O7/c1-9-12-19-44-31-21-25(33(40)37-27-16-13-24(11-3)20-30(27)43-8)14-17-28(31)38-34(41)26-15-18-29(32(22-26)45-23(4)10-2)39-35(42)46-36(5,6)7/h11,13-18,20-23H,3,9-10,12,19H2,1-2,4-8H3,(H,37,40)(H,38,41)(H,39,42). The van der Waals surface area contributed by atoms with E-state index in [2.05, 4.69) is 22.5 Å². The lowest BCUT2D eigenvalue weighted by Crippen LogP contribution is -2.27. The van der Waals surface area contributed by atoms with Crippen molar-refractivity contribution in [3.63, 3.8) is 0 Å². The second-order valence-corrected chi connectivity index (χ2v) is 11.7. The number of ether oxygens (including phenoxy) is 4. The molecule has 46 heavy (non-hydrogen) atoms. The third-order valence-electron chi connectivity index (χ3n) is 6.74. The van der Waals surface area contributed by atoms with Gasteiger partial charge in [0.15, 0.2) is 0 Å². The first-order valence-electron chi connectivity index (χ1n) is 15.4. The molecule has 0 aromatic heterocycles. The summed E-state index contributed by atoms with van der Waals surface area (Å²) in [6.45, 7) is 15.4. The Bertz CT molecular complexity index is 1550. The summed E-state index contributed by atoms with van der Waals surface area (Å²) in [5.74, 6) is 0.377. The highest BCUT2D eigenvalue weighted by molar-refractivity contribution is 6.08. The van der Waals surface area contributed by atoms with E-state index >= 15 is 0 Å². The summed E-state index contributed by atoms with van der Waals surface area (Å²) in [5.41, 5.74) is 2.08. The van der Waals surface area contributed by atoms with Crippen LogP contribution in [0.2, 0.25) is 0 Å². The summed E-state index contributed by atoms with van der Waals surface area (Å²) >= 11 is 0. The molecule has 3 aromatic rings. The number of unbranched alkanes of at least 4 members (excludes halogenated alkanes) is 1. The first-order chi connectivity index (χ1) is 21.9. The largest absolute Gasteiger partial charge is 0.495 e. The Kier molecular flexibility index (Phi) is 12.6. The molecule has 246 valence electrons. The summed E-state index contributed by atoms with van der Waals surface area (Å²) in [7, 11) is 1.53. The van der Waals surface area contributed by atoms with Crippen molar-refractivity contribution in [3.8, 4) is 17.2 Å². The molecule has 0 aliphatic rings. The van der Waals surface area contributed by atoms with Crippen molar-refractivity contribution in [2.75, 3.05) is 29.7 Å². The first kappa shape index (κ1) is 35.5. The van der Waals surface area contributed by atoms with Crippen molar-refractivity contribution in [2.24, 2.45) is 0 Å². The summed E-state index contributed by atoms with van der Waals surface area (Å²) in [6.07, 6.45) is 3.30. The SMILES string of the molecule is C=Cc1ccc(NC(=O)c2ccc(NC(=O)c3ccc(NC(=O)OC(C)(C)C)c(OC(C)CC)c3)c(OCCCC)c2)c(OC)c1. The number of amides is 3. The quantitative estimate of drug-likeness (QED) is 0.152. The van der Waals surface area contributed by atoms with Gasteiger partial charge in [0, 0.05) is 11.1 Å². The Labute approximate surface area is 271 Å². The lowest BCUT2D eigenvalue weighted by Gasteiger charge is -2.21. The molecule has 0 spiro atoms. The minimum absolute atomic E-state index is 0.172. The molecule has 0 fully saturated rings. The van der Waals surface area contributed by atoms with Crippen LogP contribution in [0.3, 0.4) is 0 Å². The van der Waals surface area contributed by atoms with Gasteiger partial charge >= 0.3 is 6.09 Å². The monoisotopic (exact) mass is 631 g/mol. The average molecular weight is 632 g/mol. The van der Waals surface area contributed by atoms with Crippen LogP contribution in [0.1, 0.15) is 87.1 Å². The van der Waals surface area contributed by atoms with Crippen LogP contribution < -0.4 is 30.2 Å². The van der Waals surface area contributed by atoms with Gasteiger partial charge in [-0.1, -0.05) is 39.0 Å². The maximum Gasteiger partial charge on any atom is 0.412 e. The molecule has 3 rings (SSSR count). The van der Waals surface area contributed by atoms with E-state index in [4.69, 9.17) is 18.9 Å². The van der Waals surface area contributed by atoms with E-state index in [0.717, 1.165) is 18.4 Å². The van der Waals surface area contributed by atoms with Crippen molar-refractivity contribution in [1.29, 1.82) is 0 Å². The molecule has 0 aliphatic heterocycles. The van der Waals surface area contributed by atoms with E-state index in [1.165, 1.54) is 7.11 Å². The molecule has 0 bridgehead atoms. The van der Waals surface area contributed by atoms with Gasteiger partial charge in [-0.15, -0.1) is 0 Å². The highest BCUT2D eigenvalue weighted by atomic mass is 16.6. The third kappa shape index (κ3) is 10.3. The van der Waals surface area contributed by atoms with Crippen molar-refractivity contribution in [3.05, 3.63) is 77.9 Å². The van der Waals surface area contributed by atoms with Crippen LogP contribution in [-0.4, -0.2) is 43.3 Å². The third-order valence-corrected chi connectivity index (χ3v) is 6.74. The van der Waals surface area contributed by atoms with Gasteiger partial charge in [0.1, 0.15) is 22.8 Å². The van der Waals surface area contributed by atoms with E-state index in [1.807, 2.05) is 26.8 Å². The number of nitrogens with one attached hydrogen (secondary N) is 3. The summed E-state index contributed by atoms with van der Waals surface area (Å²) < 4.78 is 22.9. The van der Waals surface area contributed by atoms with E-state index < -0.39 is 17.6 Å². The van der Waals surface area contributed by atoms with E-state index in [1.54, 1.807) is 75.4 Å². The number of hydrogen-bond acceptors (Lipinski definition) is 7. The molecule has 0 saturated heterocycles. The minimum atomic E-state index is -0.682. The normalized spacial score (nSPS) is 11.5. The fourth-order valence-corrected chi connectivity index (χ4v) is 4.12. The van der Waals surface area contributed by atoms with Gasteiger partial charge in [0.25, 0.3) is 11.8 Å². The van der Waals surface area contributed by atoms with Crippen LogP contribution in [0.4, 0.5) is 21.9 Å². The van der Waals surface area contributed by atoms with Gasteiger partial charge in [-0.05, 0) is 94.6 Å². The van der Waals surface area contributed by atoms with Crippen molar-refractivity contribution >= 4 is 41.0 Å². The first-order valence-corrected chi connectivity index (χ1v) is 15.4. The molecule has 1 unspecified atom stereocenters. The molecule has 10 nitrogen and oxygen atoms in total. The number of carbonyl (C=O) groups is 3. The van der Waals surface area contributed by atoms with Gasteiger partial charge < -0.3 is 29.6 Å². The highest BCUT2D eigenvalue weighted by Crippen LogP contribution is 2.32. The van der Waals surface area contributed by atoms with Gasteiger partial charge in [-0.2, -0.15) is 0 Å². The van der Waals surface area contributed by atoms with Crippen LogP contribution in [0.25, 0.3) is 6.08 Å². The number of methoxy groups -OCH3 is 1. The predicted octanol–water partition coefficient (Wildman–Crippen LogP) is 8.55. The summed E-state index contributed by atoms with van der Waals surface area (Å²) in [4.78, 5) is 39.2. The number of rotatable bonds is 14. The number of anilines is 3. The Balaban J connectivity index is 1.87. The number of benzene rings is 3. The zero-order valence-electron chi connectivity index (χ0n) is 27.7. The van der Waals surface area contributed by atoms with Crippen LogP contribution in [0, 0.1) is 0 Å². The topological polar surface area (TPSA) is 124 Å². The lowest BCUT2D eigenvalue weighted by atomic mass is 10.1. The Morgan fingerprint density at radius 1 is 0.826 bits per heavy atom. The molecule has 3 N–H and O–H groups in total. The van der Waals surface area contributed by atoms with Crippen molar-refractivity contribution in [2.45, 2.75) is 72.5 Å². The summed E-state index contributed by atoms with van der Waals surface area (Å²) in [6, 6.07) is 14.9. The second kappa shape index (κ2) is 16.4. The maximum absolute atomic E-state index is 13.5. The maximum atomic E-state index is 13.5. The van der Waals surface area contributed by atoms with E-state index in [-0.39, 0.29) is 12.0 Å². The fourth-order valence-electron chi connectivity index (χ4n) is 4.12. The molecule has 10 heteroatoms. The van der Waals surface area contributed by atoms with Gasteiger partial charge in [0.2, 0.25) is 0 Å². The highest BCUT2D eigenvalue weighted by Gasteiger charge is 2.21. The molecular formula is C36H45N3O7. The van der Waals surface area contributed by atoms with Crippen LogP contribution >= 0.6 is 0 Å². The van der Waals surface area contributed by atoms with Crippen LogP contribution in [0.15, 0.2) is 61.2 Å². The molecule has 1 atom stereocenters. The van der Waals surface area contributed by atoms with E-state index in [9.17, 15) is 14.4 Å². The van der Waals surface area contributed by atoms with Gasteiger partial charge in [-0.3, -0.25) is 14.9 Å². The fraction of sp³-hybridized carbons (Fsp3) is 0.361. The number of hydrogen-bond donors (Lipinski definition) is 3. The molecule has 0 heterocycles. The van der Waals surface area contributed by atoms with Crippen molar-refractivity contribution in [1.82, 2.24) is 0 Å². The van der Waals surface area contributed by atoms with Crippen LogP contribution in [-0.2, 0) is 4.74 Å². The zero-order valence-corrected chi connectivity index (χ0v) is 27.7. The zero-order chi connectivity index (χ0) is 33.9.